The van der Waals surface area contributed by atoms with Gasteiger partial charge in [0.15, 0.2) is 11.5 Å². The predicted molar refractivity (Wildman–Crippen MR) is 80.3 cm³/mol. The van der Waals surface area contributed by atoms with E-state index in [1.807, 2.05) is 60.7 Å². The number of rotatable bonds is 6. The van der Waals surface area contributed by atoms with E-state index < -0.39 is 0 Å². The van der Waals surface area contributed by atoms with E-state index in [0.29, 0.717) is 24.7 Å². The van der Waals surface area contributed by atoms with Gasteiger partial charge in [0, 0.05) is 0 Å². The minimum absolute atomic E-state index is 0.488. The zero-order chi connectivity index (χ0) is 14.3. The molecular formula is C18H16O3. The Bertz CT molecular complexity index is 601. The van der Waals surface area contributed by atoms with Crippen LogP contribution in [0.1, 0.15) is 11.1 Å². The molecule has 0 fully saturated rings. The van der Waals surface area contributed by atoms with E-state index in [9.17, 15) is 0 Å². The molecule has 2 aromatic carbocycles. The summed E-state index contributed by atoms with van der Waals surface area (Å²) < 4.78 is 16.6. The van der Waals surface area contributed by atoms with Crippen LogP contribution in [0.2, 0.25) is 0 Å². The highest BCUT2D eigenvalue weighted by molar-refractivity contribution is 5.35. The first-order valence-electron chi connectivity index (χ1n) is 6.81. The average Bonchev–Trinajstić information content (AvgIpc) is 3.00. The smallest absolute Gasteiger partial charge is 0.200 e. The van der Waals surface area contributed by atoms with Gasteiger partial charge in [0.1, 0.15) is 25.7 Å². The minimum atomic E-state index is 0.488. The lowest BCUT2D eigenvalue weighted by Gasteiger charge is -2.08. The van der Waals surface area contributed by atoms with E-state index in [2.05, 4.69) is 0 Å². The van der Waals surface area contributed by atoms with Gasteiger partial charge in [-0.25, -0.2) is 0 Å². The van der Waals surface area contributed by atoms with Crippen molar-refractivity contribution in [2.24, 2.45) is 0 Å². The van der Waals surface area contributed by atoms with E-state index in [4.69, 9.17) is 13.9 Å². The van der Waals surface area contributed by atoms with Crippen LogP contribution in [0.15, 0.2) is 77.6 Å². The maximum absolute atomic E-state index is 5.73. The molecule has 0 saturated carbocycles. The second-order valence-electron chi connectivity index (χ2n) is 4.65. The predicted octanol–water partition coefficient (Wildman–Crippen LogP) is 4.44. The molecule has 3 aromatic rings. The molecule has 3 heteroatoms. The molecule has 0 atom stereocenters. The molecular weight excluding hydrogens is 264 g/mol. The first-order chi connectivity index (χ1) is 10.4. The van der Waals surface area contributed by atoms with Crippen LogP contribution in [-0.4, -0.2) is 0 Å². The molecule has 3 nitrogen and oxygen atoms in total. The molecule has 0 aliphatic rings. The molecule has 0 radical (unpaired) electrons. The van der Waals surface area contributed by atoms with Crippen molar-refractivity contribution in [1.82, 2.24) is 0 Å². The lowest BCUT2D eigenvalue weighted by molar-refractivity contribution is 0.258. The highest BCUT2D eigenvalue weighted by atomic mass is 16.5. The lowest BCUT2D eigenvalue weighted by atomic mass is 10.2. The summed E-state index contributed by atoms with van der Waals surface area (Å²) in [7, 11) is 0. The van der Waals surface area contributed by atoms with Crippen molar-refractivity contribution in [3.63, 3.8) is 0 Å². The van der Waals surface area contributed by atoms with Crippen molar-refractivity contribution in [3.8, 4) is 11.5 Å². The number of furan rings is 1. The fraction of sp³-hybridized carbons (Fsp3) is 0.111. The van der Waals surface area contributed by atoms with Crippen molar-refractivity contribution in [3.05, 3.63) is 84.3 Å². The summed E-state index contributed by atoms with van der Waals surface area (Å²) >= 11 is 0. The number of ether oxygens (including phenoxy) is 2. The Kier molecular flexibility index (Phi) is 4.22. The standard InChI is InChI=1S/C18H16O3/c1-3-7-15(8-4-1)11-20-17-13-19-14-18(17)21-12-16-9-5-2-6-10-16/h1-10,13-14H,11-12H2. The topological polar surface area (TPSA) is 31.6 Å². The fourth-order valence-electron chi connectivity index (χ4n) is 1.95. The van der Waals surface area contributed by atoms with Crippen molar-refractivity contribution >= 4 is 0 Å². The van der Waals surface area contributed by atoms with Crippen molar-refractivity contribution in [2.45, 2.75) is 13.2 Å². The van der Waals surface area contributed by atoms with Gasteiger partial charge in [-0.3, -0.25) is 0 Å². The molecule has 0 aliphatic carbocycles. The van der Waals surface area contributed by atoms with Crippen molar-refractivity contribution in [1.29, 1.82) is 0 Å². The maximum Gasteiger partial charge on any atom is 0.200 e. The Labute approximate surface area is 123 Å². The quantitative estimate of drug-likeness (QED) is 0.669. The van der Waals surface area contributed by atoms with Gasteiger partial charge in [-0.05, 0) is 11.1 Å². The number of hydrogen-bond donors (Lipinski definition) is 0. The molecule has 0 N–H and O–H groups in total. The van der Waals surface area contributed by atoms with E-state index in [1.54, 1.807) is 12.5 Å². The summed E-state index contributed by atoms with van der Waals surface area (Å²) in [4.78, 5) is 0. The van der Waals surface area contributed by atoms with Crippen LogP contribution in [0, 0.1) is 0 Å². The Morgan fingerprint density at radius 2 is 1.05 bits per heavy atom. The number of hydrogen-bond acceptors (Lipinski definition) is 3. The van der Waals surface area contributed by atoms with Gasteiger partial charge in [-0.15, -0.1) is 0 Å². The molecule has 1 aromatic heterocycles. The Morgan fingerprint density at radius 1 is 0.619 bits per heavy atom. The summed E-state index contributed by atoms with van der Waals surface area (Å²) in [5, 5.41) is 0. The van der Waals surface area contributed by atoms with Gasteiger partial charge in [0.05, 0.1) is 0 Å². The molecule has 0 spiro atoms. The highest BCUT2D eigenvalue weighted by Crippen LogP contribution is 2.29. The molecule has 0 bridgehead atoms. The SMILES string of the molecule is c1ccc(COc2cocc2OCc2ccccc2)cc1. The average molecular weight is 280 g/mol. The lowest BCUT2D eigenvalue weighted by Crippen LogP contribution is -1.98. The molecule has 3 rings (SSSR count). The first kappa shape index (κ1) is 13.3. The second kappa shape index (κ2) is 6.66. The summed E-state index contributed by atoms with van der Waals surface area (Å²) in [5.74, 6) is 1.24. The van der Waals surface area contributed by atoms with E-state index in [1.165, 1.54) is 0 Å². The first-order valence-corrected chi connectivity index (χ1v) is 6.81. The summed E-state index contributed by atoms with van der Waals surface area (Å²) in [6.45, 7) is 0.976. The molecule has 0 aliphatic heterocycles. The fourth-order valence-corrected chi connectivity index (χ4v) is 1.95. The zero-order valence-electron chi connectivity index (χ0n) is 11.6. The second-order valence-corrected chi connectivity index (χ2v) is 4.65. The van der Waals surface area contributed by atoms with E-state index in [0.717, 1.165) is 11.1 Å². The third-order valence-corrected chi connectivity index (χ3v) is 3.07. The normalized spacial score (nSPS) is 10.3. The third kappa shape index (κ3) is 3.66. The van der Waals surface area contributed by atoms with E-state index >= 15 is 0 Å². The third-order valence-electron chi connectivity index (χ3n) is 3.07. The molecule has 0 saturated heterocycles. The van der Waals surface area contributed by atoms with Gasteiger partial charge in [0.25, 0.3) is 0 Å². The van der Waals surface area contributed by atoms with Crippen LogP contribution >= 0.6 is 0 Å². The van der Waals surface area contributed by atoms with Gasteiger partial charge in [-0.1, -0.05) is 60.7 Å². The Balaban J connectivity index is 1.59. The molecule has 1 heterocycles. The minimum Gasteiger partial charge on any atom is -0.482 e. The molecule has 106 valence electrons. The van der Waals surface area contributed by atoms with Crippen molar-refractivity contribution in [2.75, 3.05) is 0 Å². The van der Waals surface area contributed by atoms with Gasteiger partial charge in [0.2, 0.25) is 0 Å². The van der Waals surface area contributed by atoms with Gasteiger partial charge >= 0.3 is 0 Å². The van der Waals surface area contributed by atoms with Crippen LogP contribution in [0.25, 0.3) is 0 Å². The molecule has 21 heavy (non-hydrogen) atoms. The highest BCUT2D eigenvalue weighted by Gasteiger charge is 2.08. The Morgan fingerprint density at radius 3 is 1.48 bits per heavy atom. The van der Waals surface area contributed by atoms with Crippen LogP contribution < -0.4 is 9.47 Å². The molecule has 0 amide bonds. The van der Waals surface area contributed by atoms with Crippen molar-refractivity contribution < 1.29 is 13.9 Å². The van der Waals surface area contributed by atoms with Crippen LogP contribution in [0.3, 0.4) is 0 Å². The largest absolute Gasteiger partial charge is 0.482 e. The van der Waals surface area contributed by atoms with Crippen LogP contribution in [0.5, 0.6) is 11.5 Å². The Hall–Kier alpha value is -2.68. The summed E-state index contributed by atoms with van der Waals surface area (Å²) in [5.41, 5.74) is 2.21. The maximum atomic E-state index is 5.73. The number of benzene rings is 2. The van der Waals surface area contributed by atoms with Gasteiger partial charge in [-0.2, -0.15) is 0 Å². The summed E-state index contributed by atoms with van der Waals surface area (Å²) in [6, 6.07) is 20.0. The monoisotopic (exact) mass is 280 g/mol. The molecule has 0 unspecified atom stereocenters. The van der Waals surface area contributed by atoms with Crippen LogP contribution in [0.4, 0.5) is 0 Å². The van der Waals surface area contributed by atoms with Gasteiger partial charge < -0.3 is 13.9 Å². The summed E-state index contributed by atoms with van der Waals surface area (Å²) in [6.07, 6.45) is 3.12. The van der Waals surface area contributed by atoms with Crippen LogP contribution in [-0.2, 0) is 13.2 Å². The zero-order valence-corrected chi connectivity index (χ0v) is 11.6. The van der Waals surface area contributed by atoms with E-state index in [-0.39, 0.29) is 0 Å².